The summed E-state index contributed by atoms with van der Waals surface area (Å²) in [4.78, 5) is 14.4. The molecule has 2 aliphatic heterocycles. The number of ether oxygens (including phenoxy) is 1. The first kappa shape index (κ1) is 22.3. The third-order valence-electron chi connectivity index (χ3n) is 6.13. The van der Waals surface area contributed by atoms with Gasteiger partial charge in [0.15, 0.2) is 0 Å². The maximum Gasteiger partial charge on any atom is 0.416 e. The summed E-state index contributed by atoms with van der Waals surface area (Å²) in [6.45, 7) is 2.46. The van der Waals surface area contributed by atoms with Gasteiger partial charge in [0.05, 0.1) is 28.8 Å². The number of alkyl halides is 3. The lowest BCUT2D eigenvalue weighted by Crippen LogP contribution is -2.45. The molecule has 0 spiro atoms. The first-order valence-corrected chi connectivity index (χ1v) is 10.5. The van der Waals surface area contributed by atoms with E-state index in [1.165, 1.54) is 17.0 Å². The fraction of sp³-hybridized carbons (Fsp3) is 0.435. The molecule has 4 rings (SSSR count). The molecule has 2 unspecified atom stereocenters. The van der Waals surface area contributed by atoms with Crippen LogP contribution in [0.25, 0.3) is 0 Å². The molecule has 1 aromatic heterocycles. The molecule has 3 heterocycles. The van der Waals surface area contributed by atoms with Crippen molar-refractivity contribution < 1.29 is 22.7 Å². The zero-order valence-electron chi connectivity index (χ0n) is 18.2. The van der Waals surface area contributed by atoms with Gasteiger partial charge in [0.1, 0.15) is 0 Å². The molecule has 170 valence electrons. The summed E-state index contributed by atoms with van der Waals surface area (Å²) < 4.78 is 47.0. The zero-order chi connectivity index (χ0) is 23.0. The minimum absolute atomic E-state index is 0.0216. The molecule has 2 aliphatic rings. The average molecular weight is 446 g/mol. The number of hydrogen-bond donors (Lipinski definition) is 0. The van der Waals surface area contributed by atoms with E-state index in [4.69, 9.17) is 4.74 Å². The van der Waals surface area contributed by atoms with Gasteiger partial charge in [-0.25, -0.2) is 0 Å². The van der Waals surface area contributed by atoms with Gasteiger partial charge < -0.3 is 14.2 Å². The van der Waals surface area contributed by atoms with Crippen LogP contribution in [0.15, 0.2) is 46.7 Å². The second-order valence-electron chi connectivity index (χ2n) is 8.31. The van der Waals surface area contributed by atoms with Crippen molar-refractivity contribution in [3.8, 4) is 0 Å². The van der Waals surface area contributed by atoms with Gasteiger partial charge in [-0.05, 0) is 49.6 Å². The first-order chi connectivity index (χ1) is 15.1. The highest BCUT2D eigenvalue weighted by atomic mass is 19.4. The van der Waals surface area contributed by atoms with Crippen molar-refractivity contribution in [2.45, 2.75) is 44.5 Å². The van der Waals surface area contributed by atoms with Crippen LogP contribution in [0.4, 0.5) is 13.2 Å². The summed E-state index contributed by atoms with van der Waals surface area (Å²) in [6, 6.07) is 6.39. The Hall–Kier alpha value is -2.94. The van der Waals surface area contributed by atoms with Crippen molar-refractivity contribution in [3.63, 3.8) is 0 Å². The first-order valence-electron chi connectivity index (χ1n) is 10.5. The van der Waals surface area contributed by atoms with Crippen LogP contribution in [0.3, 0.4) is 0 Å². The number of carbonyl (C=O) groups excluding carboxylic acids is 1. The van der Waals surface area contributed by atoms with E-state index < -0.39 is 17.6 Å². The molecule has 32 heavy (non-hydrogen) atoms. The minimum atomic E-state index is -4.49. The van der Waals surface area contributed by atoms with Gasteiger partial charge in [-0.1, -0.05) is 6.07 Å². The molecule has 1 aromatic carbocycles. The summed E-state index contributed by atoms with van der Waals surface area (Å²) in [7, 11) is 3.59. The summed E-state index contributed by atoms with van der Waals surface area (Å²) in [5, 5.41) is 8.71. The van der Waals surface area contributed by atoms with Crippen molar-refractivity contribution in [1.29, 1.82) is 0 Å². The largest absolute Gasteiger partial charge is 0.416 e. The topological polar surface area (TPSA) is 59.2 Å². The molecule has 0 N–H and O–H groups in total. The van der Waals surface area contributed by atoms with Crippen molar-refractivity contribution in [2.24, 2.45) is 17.3 Å². The van der Waals surface area contributed by atoms with E-state index in [0.29, 0.717) is 25.9 Å². The van der Waals surface area contributed by atoms with Gasteiger partial charge in [-0.2, -0.15) is 23.4 Å². The Bertz CT molecular complexity index is 1070. The van der Waals surface area contributed by atoms with E-state index in [-0.39, 0.29) is 17.7 Å². The molecule has 6 nitrogen and oxygen atoms in total. The lowest BCUT2D eigenvalue weighted by atomic mass is 9.95. The third kappa shape index (κ3) is 4.34. The Balaban J connectivity index is 1.43. The minimum Gasteiger partial charge on any atom is -0.372 e. The molecular formula is C23H25F3N4O2. The number of aromatic nitrogens is 1. The Morgan fingerprint density at radius 2 is 2.03 bits per heavy atom. The summed E-state index contributed by atoms with van der Waals surface area (Å²) >= 11 is 0. The van der Waals surface area contributed by atoms with Crippen molar-refractivity contribution in [2.75, 3.05) is 13.7 Å². The van der Waals surface area contributed by atoms with E-state index in [1.54, 1.807) is 7.05 Å². The number of amides is 1. The van der Waals surface area contributed by atoms with Crippen LogP contribution in [0.2, 0.25) is 0 Å². The quantitative estimate of drug-likeness (QED) is 0.706. The van der Waals surface area contributed by atoms with E-state index >= 15 is 0 Å². The molecular weight excluding hydrogens is 421 g/mol. The monoisotopic (exact) mass is 446 g/mol. The smallest absolute Gasteiger partial charge is 0.372 e. The van der Waals surface area contributed by atoms with E-state index in [1.807, 2.05) is 30.8 Å². The van der Waals surface area contributed by atoms with Gasteiger partial charge in [0.25, 0.3) is 5.91 Å². The van der Waals surface area contributed by atoms with Crippen molar-refractivity contribution in [3.05, 3.63) is 58.9 Å². The number of hydrogen-bond acceptors (Lipinski definition) is 4. The second-order valence-corrected chi connectivity index (χ2v) is 8.31. The molecule has 9 heteroatoms. The Labute approximate surface area is 184 Å². The summed E-state index contributed by atoms with van der Waals surface area (Å²) in [5.74, 6) is -0.438. The van der Waals surface area contributed by atoms with Gasteiger partial charge in [-0.3, -0.25) is 4.79 Å². The van der Waals surface area contributed by atoms with E-state index in [9.17, 15) is 18.0 Å². The number of rotatable bonds is 4. The van der Waals surface area contributed by atoms with Crippen LogP contribution in [0.1, 0.15) is 46.4 Å². The predicted octanol–water partition coefficient (Wildman–Crippen LogP) is 4.22. The highest BCUT2D eigenvalue weighted by Crippen LogP contribution is 2.30. The SMILES string of the molecule is Cc1ccn(C)c1C1=NN=C(C2CC(N(C)C(=O)c3cccc(C(F)(F)F)c3)CCO2)C1. The summed E-state index contributed by atoms with van der Waals surface area (Å²) in [5.41, 5.74) is 3.04. The lowest BCUT2D eigenvalue weighted by Gasteiger charge is -2.35. The maximum absolute atomic E-state index is 13.0. The highest BCUT2D eigenvalue weighted by molar-refractivity contribution is 6.16. The number of benzene rings is 1. The number of nitrogens with zero attached hydrogens (tertiary/aromatic N) is 4. The maximum atomic E-state index is 13.0. The third-order valence-corrected chi connectivity index (χ3v) is 6.13. The van der Waals surface area contributed by atoms with Gasteiger partial charge in [0, 0.05) is 44.9 Å². The average Bonchev–Trinajstić information content (AvgIpc) is 3.38. The fourth-order valence-corrected chi connectivity index (χ4v) is 4.32. The van der Waals surface area contributed by atoms with Crippen LogP contribution in [0, 0.1) is 6.92 Å². The molecule has 2 aromatic rings. The molecule has 1 saturated heterocycles. The zero-order valence-corrected chi connectivity index (χ0v) is 18.2. The van der Waals surface area contributed by atoms with Gasteiger partial charge in [0.2, 0.25) is 0 Å². The molecule has 1 amide bonds. The predicted molar refractivity (Wildman–Crippen MR) is 115 cm³/mol. The normalized spacial score (nSPS) is 21.3. The molecule has 2 atom stereocenters. The van der Waals surface area contributed by atoms with E-state index in [0.717, 1.165) is 34.8 Å². The van der Waals surface area contributed by atoms with Crippen molar-refractivity contribution in [1.82, 2.24) is 9.47 Å². The van der Waals surface area contributed by atoms with Crippen molar-refractivity contribution >= 4 is 17.3 Å². The van der Waals surface area contributed by atoms with Crippen LogP contribution in [-0.2, 0) is 18.0 Å². The second kappa shape index (κ2) is 8.54. The molecule has 0 bridgehead atoms. The lowest BCUT2D eigenvalue weighted by molar-refractivity contribution is -0.137. The fourth-order valence-electron chi connectivity index (χ4n) is 4.32. The number of carbonyl (C=O) groups is 1. The Kier molecular flexibility index (Phi) is 5.94. The van der Waals surface area contributed by atoms with E-state index in [2.05, 4.69) is 10.2 Å². The highest BCUT2D eigenvalue weighted by Gasteiger charge is 2.35. The summed E-state index contributed by atoms with van der Waals surface area (Å²) in [6.07, 6.45) is -1.10. The number of aryl methyl sites for hydroxylation is 2. The van der Waals surface area contributed by atoms with Crippen LogP contribution in [-0.4, -0.2) is 52.6 Å². The van der Waals surface area contributed by atoms with Gasteiger partial charge in [-0.15, -0.1) is 0 Å². The van der Waals surface area contributed by atoms with Gasteiger partial charge >= 0.3 is 6.18 Å². The molecule has 1 fully saturated rings. The Morgan fingerprint density at radius 3 is 2.72 bits per heavy atom. The standard InChI is InChI=1S/C23H25F3N4O2/c1-14-7-9-29(2)21(14)19-13-18(27-28-19)20-12-17(8-10-32-20)30(3)22(31)15-5-4-6-16(11-15)23(24,25)26/h4-7,9,11,17,20H,8,10,12-13H2,1-3H3. The van der Waals surface area contributed by atoms with Crippen LogP contribution in [0.5, 0.6) is 0 Å². The molecule has 0 saturated carbocycles. The van der Waals surface area contributed by atoms with Crippen LogP contribution < -0.4 is 0 Å². The molecule has 0 aliphatic carbocycles. The number of halogens is 3. The molecule has 0 radical (unpaired) electrons. The Morgan fingerprint density at radius 1 is 1.25 bits per heavy atom. The van der Waals surface area contributed by atoms with Crippen LogP contribution >= 0.6 is 0 Å².